The van der Waals surface area contributed by atoms with E-state index >= 15 is 0 Å². The van der Waals surface area contributed by atoms with E-state index in [1.807, 2.05) is 19.9 Å². The Morgan fingerprint density at radius 1 is 1.14 bits per heavy atom. The number of para-hydroxylation sites is 1. The van der Waals surface area contributed by atoms with E-state index in [-0.39, 0.29) is 75.4 Å². The zero-order chi connectivity index (χ0) is 30.6. The molecule has 43 heavy (non-hydrogen) atoms. The third-order valence-electron chi connectivity index (χ3n) is 6.66. The molecular weight excluding hydrogens is 608 g/mol. The molecule has 0 radical (unpaired) electrons. The number of rotatable bonds is 11. The van der Waals surface area contributed by atoms with Gasteiger partial charge in [0.05, 0.1) is 33.4 Å². The van der Waals surface area contributed by atoms with Crippen molar-refractivity contribution in [1.29, 1.82) is 0 Å². The van der Waals surface area contributed by atoms with Crippen molar-refractivity contribution in [1.82, 2.24) is 4.98 Å². The molecule has 2 atom stereocenters. The van der Waals surface area contributed by atoms with Gasteiger partial charge in [-0.3, -0.25) is 14.4 Å². The molecule has 0 bridgehead atoms. The van der Waals surface area contributed by atoms with Crippen molar-refractivity contribution >= 4 is 72.9 Å². The number of halogens is 1. The van der Waals surface area contributed by atoms with Crippen molar-refractivity contribution in [2.45, 2.75) is 45.8 Å². The van der Waals surface area contributed by atoms with Gasteiger partial charge in [-0.15, -0.1) is 0 Å². The topological polar surface area (TPSA) is 138 Å². The number of aliphatic carboxylic acids is 1. The second-order valence-electron chi connectivity index (χ2n) is 10.7. The predicted octanol–water partition coefficient (Wildman–Crippen LogP) is 3.71. The molecule has 1 amide bonds. The molecule has 2 aromatic carbocycles. The fourth-order valence-electron chi connectivity index (χ4n) is 4.83. The molecule has 1 aliphatic heterocycles. The number of fused-ring (bicyclic) bond motifs is 1. The van der Waals surface area contributed by atoms with Crippen LogP contribution < -0.4 is 14.4 Å². The number of carbonyl (C=O) groups excluding carboxylic acids is 2. The molecule has 228 valence electrons. The Labute approximate surface area is 284 Å². The first-order valence-corrected chi connectivity index (χ1v) is 13.6. The first-order chi connectivity index (χ1) is 19.9. The average Bonchev–Trinajstić information content (AvgIpc) is 3.34. The number of carboxylic acids is 1. The van der Waals surface area contributed by atoms with Crippen LogP contribution in [0.5, 0.6) is 11.5 Å². The van der Waals surface area contributed by atoms with E-state index < -0.39 is 35.5 Å². The molecular formula is C30H35CaClN2O9. The first-order valence-electron chi connectivity index (χ1n) is 13.2. The molecule has 13 heteroatoms. The minimum absolute atomic E-state index is 0. The Morgan fingerprint density at radius 3 is 2.53 bits per heavy atom. The van der Waals surface area contributed by atoms with Crippen LogP contribution in [0.1, 0.15) is 49.7 Å². The number of nitrogens with zero attached hydrogens (tertiary/aromatic N) is 2. The number of ether oxygens (including phenoxy) is 4. The van der Waals surface area contributed by atoms with E-state index in [9.17, 15) is 14.4 Å². The normalized spacial score (nSPS) is 16.5. The second-order valence-corrected chi connectivity index (χ2v) is 11.1. The molecule has 1 N–H and O–H groups in total. The number of carboxylic acid groups (broad SMARTS) is 1. The predicted molar refractivity (Wildman–Crippen MR) is 161 cm³/mol. The monoisotopic (exact) mass is 642 g/mol. The number of benzene rings is 2. The summed E-state index contributed by atoms with van der Waals surface area (Å²) in [6.45, 7) is 5.34. The van der Waals surface area contributed by atoms with Crippen molar-refractivity contribution in [2.75, 3.05) is 32.3 Å². The molecule has 2 heterocycles. The van der Waals surface area contributed by atoms with E-state index in [1.54, 1.807) is 35.2 Å². The summed E-state index contributed by atoms with van der Waals surface area (Å²) in [6.07, 6.45) is -1.06. The van der Waals surface area contributed by atoms with Gasteiger partial charge in [0, 0.05) is 40.7 Å². The number of aromatic nitrogens is 1. The first kappa shape index (κ1) is 34.7. The molecule has 0 fully saturated rings. The number of hydrogen-bond acceptors (Lipinski definition) is 9. The van der Waals surface area contributed by atoms with Gasteiger partial charge in [-0.2, -0.15) is 0 Å². The maximum absolute atomic E-state index is 14.3. The fourth-order valence-corrected chi connectivity index (χ4v) is 5.01. The van der Waals surface area contributed by atoms with Gasteiger partial charge in [0.15, 0.2) is 17.4 Å². The second kappa shape index (κ2) is 14.8. The quantitative estimate of drug-likeness (QED) is 0.243. The Morgan fingerprint density at radius 2 is 1.88 bits per heavy atom. The van der Waals surface area contributed by atoms with E-state index in [4.69, 9.17) is 40.1 Å². The molecule has 0 saturated heterocycles. The molecule has 0 saturated carbocycles. The number of methoxy groups -OCH3 is 2. The van der Waals surface area contributed by atoms with E-state index in [0.717, 1.165) is 0 Å². The number of esters is 1. The van der Waals surface area contributed by atoms with Crippen LogP contribution in [-0.2, 0) is 36.7 Å². The Balaban J connectivity index is 0.00000506. The van der Waals surface area contributed by atoms with Crippen LogP contribution >= 0.6 is 11.6 Å². The minimum atomic E-state index is -1.11. The summed E-state index contributed by atoms with van der Waals surface area (Å²) >= 11 is 6.48. The van der Waals surface area contributed by atoms with Gasteiger partial charge in [-0.25, -0.2) is 4.98 Å². The van der Waals surface area contributed by atoms with Crippen molar-refractivity contribution in [2.24, 2.45) is 5.41 Å². The number of hydrogen-bond donors (Lipinski definition) is 1. The van der Waals surface area contributed by atoms with Crippen molar-refractivity contribution < 1.29 is 42.9 Å². The molecule has 0 spiro atoms. The summed E-state index contributed by atoms with van der Waals surface area (Å²) in [4.78, 5) is 42.8. The van der Waals surface area contributed by atoms with Crippen LogP contribution in [0.25, 0.3) is 0 Å². The van der Waals surface area contributed by atoms with Gasteiger partial charge in [0.25, 0.3) is 5.91 Å². The van der Waals surface area contributed by atoms with Crippen LogP contribution in [0, 0.1) is 5.41 Å². The Hall–Kier alpha value is -2.83. The van der Waals surface area contributed by atoms with Crippen LogP contribution in [-0.4, -0.2) is 99.1 Å². The summed E-state index contributed by atoms with van der Waals surface area (Å²) < 4.78 is 28.8. The molecule has 11 nitrogen and oxygen atoms in total. The van der Waals surface area contributed by atoms with Crippen molar-refractivity contribution in [3.05, 3.63) is 70.4 Å². The summed E-state index contributed by atoms with van der Waals surface area (Å²) in [7, 11) is 3.04. The van der Waals surface area contributed by atoms with E-state index in [1.165, 1.54) is 27.3 Å². The number of carbonyl (C=O) groups is 3. The molecule has 3 aromatic rings. The third kappa shape index (κ3) is 8.42. The number of oxazole rings is 1. The van der Waals surface area contributed by atoms with Gasteiger partial charge < -0.3 is 33.4 Å². The summed E-state index contributed by atoms with van der Waals surface area (Å²) in [5.41, 5.74) is 1.11. The summed E-state index contributed by atoms with van der Waals surface area (Å²) in [6, 6.07) is 10.5. The molecule has 4 rings (SSSR count). The zero-order valence-electron chi connectivity index (χ0n) is 24.0. The summed E-state index contributed by atoms with van der Waals surface area (Å²) in [5.74, 6) is -0.701. The van der Waals surface area contributed by atoms with Crippen LogP contribution in [0.4, 0.5) is 5.69 Å². The van der Waals surface area contributed by atoms with Gasteiger partial charge >= 0.3 is 49.7 Å². The standard InChI is InChI=1S/C30H33ClN2O9.Ca.2H/c1-17(34)40-16-30(2,3)15-33-22-10-9-18(31)11-21(22)27(20-7-6-8-23(38-4)28(20)39-5)42-24(29(33)37)13-25-32-14-19(41-25)12-26(35)36;;;/h6-11,14,24,27H,12-13,15-16H2,1-5H3,(H,35,36);;;/t24-,27-;;;/m1.../s1. The molecule has 1 aliphatic rings. The molecule has 1 aromatic heterocycles. The third-order valence-corrected chi connectivity index (χ3v) is 6.89. The SMILES string of the molecule is COc1cccc([C@H]2O[C@H](Cc3ncc(CC(=O)O)o3)C(=O)N(CC(C)(C)COC(C)=O)c3ccc(Cl)cc32)c1OC.[CaH2]. The molecule has 0 unspecified atom stereocenters. The summed E-state index contributed by atoms with van der Waals surface area (Å²) in [5, 5.41) is 9.57. The van der Waals surface area contributed by atoms with Gasteiger partial charge in [-0.1, -0.05) is 37.6 Å². The maximum atomic E-state index is 14.3. The fraction of sp³-hybridized carbons (Fsp3) is 0.400. The Bertz CT molecular complexity index is 1480. The van der Waals surface area contributed by atoms with E-state index in [2.05, 4.69) is 4.98 Å². The van der Waals surface area contributed by atoms with Crippen molar-refractivity contribution in [3.8, 4) is 11.5 Å². The molecule has 0 aliphatic carbocycles. The Kier molecular flexibility index (Phi) is 11.9. The zero-order valence-corrected chi connectivity index (χ0v) is 24.8. The van der Waals surface area contributed by atoms with Crippen molar-refractivity contribution in [3.63, 3.8) is 0 Å². The van der Waals surface area contributed by atoms with Gasteiger partial charge in [0.2, 0.25) is 0 Å². The van der Waals surface area contributed by atoms with Crippen LogP contribution in [0.15, 0.2) is 47.0 Å². The van der Waals surface area contributed by atoms with E-state index in [0.29, 0.717) is 33.3 Å². The van der Waals surface area contributed by atoms with Crippen LogP contribution in [0.3, 0.4) is 0 Å². The van der Waals surface area contributed by atoms with Crippen LogP contribution in [0.2, 0.25) is 5.02 Å². The van der Waals surface area contributed by atoms with Gasteiger partial charge in [0.1, 0.15) is 24.4 Å². The number of amides is 1. The average molecular weight is 643 g/mol. The van der Waals surface area contributed by atoms with Gasteiger partial charge in [-0.05, 0) is 24.3 Å². The number of anilines is 1.